The second kappa shape index (κ2) is 8.16. The molecule has 0 spiro atoms. The number of carbonyl (C=O) groups excluding carboxylic acids is 1. The van der Waals surface area contributed by atoms with E-state index in [1.165, 1.54) is 0 Å². The van der Waals surface area contributed by atoms with Gasteiger partial charge in [0.25, 0.3) is 0 Å². The minimum absolute atomic E-state index is 0.103. The fourth-order valence-corrected chi connectivity index (χ4v) is 3.37. The summed E-state index contributed by atoms with van der Waals surface area (Å²) >= 11 is 0. The molecule has 0 aliphatic heterocycles. The molecule has 1 aromatic heterocycles. The first-order valence-electron chi connectivity index (χ1n) is 7.93. The Morgan fingerprint density at radius 1 is 1.45 bits per heavy atom. The number of halogens is 1. The Morgan fingerprint density at radius 2 is 2.18 bits per heavy atom. The molecule has 0 saturated heterocycles. The molecular weight excluding hydrogens is 283 g/mol. The summed E-state index contributed by atoms with van der Waals surface area (Å²) in [5, 5.41) is 0. The Kier molecular flexibility index (Phi) is 6.22. The molecule has 1 aromatic rings. The average molecular weight is 306 g/mol. The van der Waals surface area contributed by atoms with Crippen LogP contribution in [0, 0.1) is 18.8 Å². The first-order chi connectivity index (χ1) is 10.7. The van der Waals surface area contributed by atoms with E-state index in [-0.39, 0.29) is 12.0 Å². The Labute approximate surface area is 130 Å². The van der Waals surface area contributed by atoms with Crippen molar-refractivity contribution in [1.82, 2.24) is 4.98 Å². The highest BCUT2D eigenvalue weighted by Crippen LogP contribution is 2.39. The van der Waals surface area contributed by atoms with Gasteiger partial charge in [-0.05, 0) is 63.0 Å². The number of aromatic nitrogens is 1. The molecular formula is C17H23FN2O2. The maximum atomic E-state index is 13.6. The van der Waals surface area contributed by atoms with E-state index in [0.29, 0.717) is 30.6 Å². The molecule has 0 radical (unpaired) electrons. The molecule has 0 aromatic carbocycles. The van der Waals surface area contributed by atoms with Crippen LogP contribution in [0.2, 0.25) is 0 Å². The maximum Gasteiger partial charge on any atom is 0.235 e. The normalized spacial score (nSPS) is 22.9. The van der Waals surface area contributed by atoms with Crippen LogP contribution in [0.3, 0.4) is 0 Å². The van der Waals surface area contributed by atoms with Crippen LogP contribution < -0.4 is 0 Å². The van der Waals surface area contributed by atoms with E-state index in [1.807, 2.05) is 13.0 Å². The molecule has 1 heterocycles. The van der Waals surface area contributed by atoms with Crippen molar-refractivity contribution in [3.8, 4) is 0 Å². The SMILES string of the molecule is CCOCC(N=C=O)[C@H]1CC[C@@H](c2ccnc(F)c2C)CC1. The predicted octanol–water partition coefficient (Wildman–Crippen LogP) is 3.54. The molecule has 1 unspecified atom stereocenters. The summed E-state index contributed by atoms with van der Waals surface area (Å²) in [5.41, 5.74) is 1.72. The monoisotopic (exact) mass is 306 g/mol. The minimum atomic E-state index is -0.376. The van der Waals surface area contributed by atoms with Crippen LogP contribution >= 0.6 is 0 Å². The third-order valence-electron chi connectivity index (χ3n) is 4.65. The summed E-state index contributed by atoms with van der Waals surface area (Å²) in [7, 11) is 0. The van der Waals surface area contributed by atoms with Crippen molar-refractivity contribution in [2.24, 2.45) is 10.9 Å². The molecule has 22 heavy (non-hydrogen) atoms. The lowest BCUT2D eigenvalue weighted by atomic mass is 9.75. The highest BCUT2D eigenvalue weighted by atomic mass is 19.1. The highest BCUT2D eigenvalue weighted by Gasteiger charge is 2.29. The van der Waals surface area contributed by atoms with Crippen molar-refractivity contribution in [3.63, 3.8) is 0 Å². The topological polar surface area (TPSA) is 51.5 Å². The molecule has 0 bridgehead atoms. The first kappa shape index (κ1) is 16.8. The summed E-state index contributed by atoms with van der Waals surface area (Å²) in [6, 6.07) is 1.82. The van der Waals surface area contributed by atoms with Crippen molar-refractivity contribution in [3.05, 3.63) is 29.3 Å². The van der Waals surface area contributed by atoms with Crippen LogP contribution in [-0.2, 0) is 9.53 Å². The number of isocyanates is 1. The largest absolute Gasteiger partial charge is 0.379 e. The van der Waals surface area contributed by atoms with Gasteiger partial charge in [-0.3, -0.25) is 0 Å². The first-order valence-corrected chi connectivity index (χ1v) is 7.93. The van der Waals surface area contributed by atoms with Gasteiger partial charge in [0.05, 0.1) is 12.6 Å². The fourth-order valence-electron chi connectivity index (χ4n) is 3.37. The molecule has 2 rings (SSSR count). The Hall–Kier alpha value is -1.58. The Balaban J connectivity index is 1.99. The van der Waals surface area contributed by atoms with E-state index < -0.39 is 0 Å². The molecule has 1 saturated carbocycles. The van der Waals surface area contributed by atoms with Crippen LogP contribution in [0.4, 0.5) is 4.39 Å². The number of pyridine rings is 1. The molecule has 0 N–H and O–H groups in total. The van der Waals surface area contributed by atoms with Crippen LogP contribution in [0.1, 0.15) is 49.7 Å². The third-order valence-corrected chi connectivity index (χ3v) is 4.65. The van der Waals surface area contributed by atoms with Gasteiger partial charge in [-0.2, -0.15) is 9.38 Å². The van der Waals surface area contributed by atoms with E-state index in [9.17, 15) is 9.18 Å². The lowest BCUT2D eigenvalue weighted by molar-refractivity contribution is 0.106. The predicted molar refractivity (Wildman–Crippen MR) is 82.0 cm³/mol. The Bertz CT molecular complexity index is 535. The molecule has 1 aliphatic carbocycles. The van der Waals surface area contributed by atoms with Crippen LogP contribution in [-0.4, -0.2) is 30.3 Å². The second-order valence-corrected chi connectivity index (χ2v) is 5.87. The lowest BCUT2D eigenvalue weighted by Gasteiger charge is -2.32. The number of rotatable bonds is 6. The van der Waals surface area contributed by atoms with Gasteiger partial charge in [-0.1, -0.05) is 0 Å². The van der Waals surface area contributed by atoms with Gasteiger partial charge in [-0.25, -0.2) is 9.78 Å². The maximum absolute atomic E-state index is 13.6. The smallest absolute Gasteiger partial charge is 0.235 e. The van der Waals surface area contributed by atoms with E-state index in [2.05, 4.69) is 9.98 Å². The zero-order valence-electron chi connectivity index (χ0n) is 13.2. The van der Waals surface area contributed by atoms with Crippen molar-refractivity contribution >= 4 is 6.08 Å². The van der Waals surface area contributed by atoms with Gasteiger partial charge in [0.15, 0.2) is 0 Å². The van der Waals surface area contributed by atoms with Crippen molar-refractivity contribution in [1.29, 1.82) is 0 Å². The van der Waals surface area contributed by atoms with Gasteiger partial charge in [0, 0.05) is 18.4 Å². The van der Waals surface area contributed by atoms with Crippen LogP contribution in [0.15, 0.2) is 17.3 Å². The second-order valence-electron chi connectivity index (χ2n) is 5.87. The molecule has 1 fully saturated rings. The van der Waals surface area contributed by atoms with E-state index in [4.69, 9.17) is 4.74 Å². The van der Waals surface area contributed by atoms with E-state index in [1.54, 1.807) is 19.2 Å². The number of ether oxygens (including phenoxy) is 1. The van der Waals surface area contributed by atoms with E-state index >= 15 is 0 Å². The molecule has 4 nitrogen and oxygen atoms in total. The van der Waals surface area contributed by atoms with Gasteiger partial charge in [-0.15, -0.1) is 0 Å². The van der Waals surface area contributed by atoms with Crippen molar-refractivity contribution in [2.45, 2.75) is 51.5 Å². The molecule has 0 amide bonds. The molecule has 1 aliphatic rings. The van der Waals surface area contributed by atoms with Gasteiger partial charge < -0.3 is 4.74 Å². The quantitative estimate of drug-likeness (QED) is 0.459. The van der Waals surface area contributed by atoms with Gasteiger partial charge in [0.2, 0.25) is 12.0 Å². The third kappa shape index (κ3) is 3.99. The summed E-state index contributed by atoms with van der Waals surface area (Å²) < 4.78 is 19.0. The number of nitrogens with zero attached hydrogens (tertiary/aromatic N) is 2. The fraction of sp³-hybridized carbons (Fsp3) is 0.647. The molecule has 1 atom stereocenters. The number of aliphatic imine (C=N–C) groups is 1. The molecule has 5 heteroatoms. The van der Waals surface area contributed by atoms with Crippen LogP contribution in [0.5, 0.6) is 0 Å². The zero-order valence-corrected chi connectivity index (χ0v) is 13.2. The summed E-state index contributed by atoms with van der Waals surface area (Å²) in [4.78, 5) is 18.2. The highest BCUT2D eigenvalue weighted by molar-refractivity contribution is 5.33. The Morgan fingerprint density at radius 3 is 2.82 bits per heavy atom. The summed E-state index contributed by atoms with van der Waals surface area (Å²) in [6.45, 7) is 4.82. The zero-order chi connectivity index (χ0) is 15.9. The standard InChI is InChI=1S/C17H23FN2O2/c1-3-22-10-16(20-11-21)14-6-4-13(5-7-14)15-8-9-19-17(18)12(15)2/h8-9,13-14,16H,3-7,10H2,1-2H3/t13-,14+,16?. The number of hydrogen-bond donors (Lipinski definition) is 0. The average Bonchev–Trinajstić information content (AvgIpc) is 2.54. The van der Waals surface area contributed by atoms with E-state index in [0.717, 1.165) is 31.2 Å². The lowest BCUT2D eigenvalue weighted by Crippen LogP contribution is -2.28. The number of hydrogen-bond acceptors (Lipinski definition) is 4. The van der Waals surface area contributed by atoms with Gasteiger partial charge >= 0.3 is 0 Å². The summed E-state index contributed by atoms with van der Waals surface area (Å²) in [5.74, 6) is 0.331. The van der Waals surface area contributed by atoms with Gasteiger partial charge in [0.1, 0.15) is 0 Å². The van der Waals surface area contributed by atoms with Crippen molar-refractivity contribution in [2.75, 3.05) is 13.2 Å². The molecule has 120 valence electrons. The van der Waals surface area contributed by atoms with Crippen LogP contribution in [0.25, 0.3) is 0 Å². The summed E-state index contributed by atoms with van der Waals surface area (Å²) in [6.07, 6.45) is 7.11. The van der Waals surface area contributed by atoms with Crippen molar-refractivity contribution < 1.29 is 13.9 Å². The minimum Gasteiger partial charge on any atom is -0.379 e.